The van der Waals surface area contributed by atoms with Crippen molar-refractivity contribution in [1.29, 1.82) is 0 Å². The van der Waals surface area contributed by atoms with E-state index < -0.39 is 0 Å². The SMILES string of the molecule is CCCCCCCCOCn1c(C)[n+](C)c2ccccc21.[Cl-]. The monoisotopic (exact) mass is 324 g/mol. The minimum Gasteiger partial charge on any atom is -1.00 e. The van der Waals surface area contributed by atoms with Crippen molar-refractivity contribution in [2.75, 3.05) is 6.61 Å². The quantitative estimate of drug-likeness (QED) is 0.499. The number of unbranched alkanes of at least 4 members (excludes halogenated alkanes) is 5. The van der Waals surface area contributed by atoms with Crippen molar-refractivity contribution in [1.82, 2.24) is 4.57 Å². The van der Waals surface area contributed by atoms with Crippen LogP contribution in [0.25, 0.3) is 11.0 Å². The highest BCUT2D eigenvalue weighted by molar-refractivity contribution is 5.72. The van der Waals surface area contributed by atoms with Gasteiger partial charge in [0, 0.05) is 6.92 Å². The van der Waals surface area contributed by atoms with Crippen molar-refractivity contribution in [3.05, 3.63) is 30.1 Å². The van der Waals surface area contributed by atoms with Gasteiger partial charge < -0.3 is 17.1 Å². The lowest BCUT2D eigenvalue weighted by Crippen LogP contribution is -3.00. The Kier molecular flexibility index (Phi) is 8.51. The number of halogens is 1. The van der Waals surface area contributed by atoms with Gasteiger partial charge in [-0.3, -0.25) is 0 Å². The van der Waals surface area contributed by atoms with E-state index in [-0.39, 0.29) is 12.4 Å². The van der Waals surface area contributed by atoms with Crippen molar-refractivity contribution >= 4 is 11.0 Å². The second-order valence-electron chi connectivity index (χ2n) is 5.83. The molecule has 0 radical (unpaired) electrons. The molecule has 0 aliphatic carbocycles. The van der Waals surface area contributed by atoms with E-state index in [0.29, 0.717) is 6.73 Å². The summed E-state index contributed by atoms with van der Waals surface area (Å²) in [5.74, 6) is 1.24. The average Bonchev–Trinajstić information content (AvgIpc) is 2.75. The van der Waals surface area contributed by atoms with Gasteiger partial charge >= 0.3 is 0 Å². The zero-order chi connectivity index (χ0) is 15.1. The standard InChI is InChI=1S/C18H29N2O.ClH/c1-4-5-6-7-8-11-14-21-15-20-16(2)19(3)17-12-9-10-13-18(17)20;/h9-10,12-13H,4-8,11,14-15H2,1-3H3;1H/q+1;/p-1. The number of ether oxygens (including phenoxy) is 1. The van der Waals surface area contributed by atoms with Crippen molar-refractivity contribution in [2.24, 2.45) is 7.05 Å². The predicted molar refractivity (Wildman–Crippen MR) is 87.2 cm³/mol. The maximum Gasteiger partial charge on any atom is 0.255 e. The second-order valence-corrected chi connectivity index (χ2v) is 5.83. The predicted octanol–water partition coefficient (Wildman–Crippen LogP) is 1.11. The summed E-state index contributed by atoms with van der Waals surface area (Å²) in [6, 6.07) is 8.50. The molecule has 0 aliphatic rings. The van der Waals surface area contributed by atoms with E-state index in [1.165, 1.54) is 55.4 Å². The summed E-state index contributed by atoms with van der Waals surface area (Å²) >= 11 is 0. The summed E-state index contributed by atoms with van der Waals surface area (Å²) < 4.78 is 10.4. The van der Waals surface area contributed by atoms with Gasteiger partial charge in [0.05, 0.1) is 13.7 Å². The molecule has 1 aromatic heterocycles. The molecule has 0 saturated carbocycles. The van der Waals surface area contributed by atoms with E-state index in [2.05, 4.69) is 54.3 Å². The van der Waals surface area contributed by atoms with Crippen LogP contribution in [-0.4, -0.2) is 11.2 Å². The molecular formula is C18H29ClN2O. The highest BCUT2D eigenvalue weighted by atomic mass is 35.5. The van der Waals surface area contributed by atoms with E-state index in [0.717, 1.165) is 6.61 Å². The molecule has 0 bridgehead atoms. The number of aromatic nitrogens is 2. The average molecular weight is 325 g/mol. The third kappa shape index (κ3) is 4.72. The van der Waals surface area contributed by atoms with Crippen LogP contribution < -0.4 is 17.0 Å². The van der Waals surface area contributed by atoms with E-state index in [1.807, 2.05) is 0 Å². The number of hydrogen-bond donors (Lipinski definition) is 0. The number of imidazole rings is 1. The van der Waals surface area contributed by atoms with Crippen molar-refractivity contribution in [3.63, 3.8) is 0 Å². The third-order valence-electron chi connectivity index (χ3n) is 4.27. The Labute approximate surface area is 140 Å². The molecule has 0 saturated heterocycles. The van der Waals surface area contributed by atoms with E-state index >= 15 is 0 Å². The van der Waals surface area contributed by atoms with Gasteiger partial charge in [0.15, 0.2) is 17.8 Å². The Morgan fingerprint density at radius 3 is 2.50 bits per heavy atom. The first-order valence-electron chi connectivity index (χ1n) is 8.27. The van der Waals surface area contributed by atoms with Crippen LogP contribution in [0, 0.1) is 6.92 Å². The normalized spacial score (nSPS) is 10.9. The van der Waals surface area contributed by atoms with E-state index in [1.54, 1.807) is 0 Å². The topological polar surface area (TPSA) is 18.0 Å². The fourth-order valence-corrected chi connectivity index (χ4v) is 2.81. The highest BCUT2D eigenvalue weighted by Gasteiger charge is 2.17. The highest BCUT2D eigenvalue weighted by Crippen LogP contribution is 2.13. The van der Waals surface area contributed by atoms with Crippen LogP contribution in [-0.2, 0) is 18.5 Å². The van der Waals surface area contributed by atoms with Gasteiger partial charge in [-0.05, 0) is 18.6 Å². The summed E-state index contributed by atoms with van der Waals surface area (Å²) in [5.41, 5.74) is 2.51. The molecule has 1 heterocycles. The zero-order valence-electron chi connectivity index (χ0n) is 14.1. The van der Waals surface area contributed by atoms with Gasteiger partial charge in [-0.1, -0.05) is 51.2 Å². The van der Waals surface area contributed by atoms with Crippen molar-refractivity contribution in [2.45, 2.75) is 59.1 Å². The molecule has 0 N–H and O–H groups in total. The smallest absolute Gasteiger partial charge is 0.255 e. The molecule has 4 heteroatoms. The van der Waals surface area contributed by atoms with Crippen LogP contribution >= 0.6 is 0 Å². The van der Waals surface area contributed by atoms with Crippen molar-refractivity contribution in [3.8, 4) is 0 Å². The Morgan fingerprint density at radius 1 is 1.05 bits per heavy atom. The van der Waals surface area contributed by atoms with E-state index in [4.69, 9.17) is 4.74 Å². The number of para-hydroxylation sites is 2. The molecule has 22 heavy (non-hydrogen) atoms. The Bertz CT molecular complexity index is 565. The van der Waals surface area contributed by atoms with Crippen LogP contribution in [0.4, 0.5) is 0 Å². The summed E-state index contributed by atoms with van der Waals surface area (Å²) in [6.07, 6.45) is 7.86. The molecule has 124 valence electrons. The van der Waals surface area contributed by atoms with Gasteiger partial charge in [-0.2, -0.15) is 0 Å². The minimum atomic E-state index is 0. The first-order chi connectivity index (χ1) is 10.3. The summed E-state index contributed by atoms with van der Waals surface area (Å²) in [5, 5.41) is 0. The lowest BCUT2D eigenvalue weighted by Gasteiger charge is -2.04. The Balaban J connectivity index is 0.00000242. The number of aryl methyl sites for hydroxylation is 1. The maximum atomic E-state index is 5.88. The number of fused-ring (bicyclic) bond motifs is 1. The largest absolute Gasteiger partial charge is 1.00 e. The van der Waals surface area contributed by atoms with Crippen molar-refractivity contribution < 1.29 is 21.7 Å². The lowest BCUT2D eigenvalue weighted by atomic mass is 10.1. The lowest BCUT2D eigenvalue weighted by molar-refractivity contribution is -0.652. The van der Waals surface area contributed by atoms with Crippen LogP contribution in [0.3, 0.4) is 0 Å². The second kappa shape index (κ2) is 9.86. The molecule has 0 atom stereocenters. The molecule has 2 rings (SSSR count). The van der Waals surface area contributed by atoms with Gasteiger partial charge in [0.25, 0.3) is 5.82 Å². The fraction of sp³-hybridized carbons (Fsp3) is 0.611. The van der Waals surface area contributed by atoms with Crippen LogP contribution in [0.1, 0.15) is 51.3 Å². The summed E-state index contributed by atoms with van der Waals surface area (Å²) in [7, 11) is 2.11. The third-order valence-corrected chi connectivity index (χ3v) is 4.27. The number of rotatable bonds is 9. The molecule has 0 spiro atoms. The molecule has 0 fully saturated rings. The Morgan fingerprint density at radius 2 is 1.73 bits per heavy atom. The number of hydrogen-bond acceptors (Lipinski definition) is 1. The van der Waals surface area contributed by atoms with Crippen LogP contribution in [0.5, 0.6) is 0 Å². The molecule has 0 amide bonds. The van der Waals surface area contributed by atoms with Gasteiger partial charge in [0.2, 0.25) is 0 Å². The van der Waals surface area contributed by atoms with Crippen LogP contribution in [0.15, 0.2) is 24.3 Å². The van der Waals surface area contributed by atoms with Gasteiger partial charge in [-0.15, -0.1) is 0 Å². The molecular weight excluding hydrogens is 296 g/mol. The Hall–Kier alpha value is -1.06. The first kappa shape index (κ1) is 19.0. The molecule has 0 unspecified atom stereocenters. The number of nitrogens with zero attached hydrogens (tertiary/aromatic N) is 2. The molecule has 2 aromatic rings. The summed E-state index contributed by atoms with van der Waals surface area (Å²) in [4.78, 5) is 0. The molecule has 0 aliphatic heterocycles. The molecule has 3 nitrogen and oxygen atoms in total. The number of benzene rings is 1. The van der Waals surface area contributed by atoms with Gasteiger partial charge in [0.1, 0.15) is 0 Å². The van der Waals surface area contributed by atoms with E-state index in [9.17, 15) is 0 Å². The fourth-order valence-electron chi connectivity index (χ4n) is 2.81. The maximum absolute atomic E-state index is 5.88. The first-order valence-corrected chi connectivity index (χ1v) is 8.27. The summed E-state index contributed by atoms with van der Waals surface area (Å²) in [6.45, 7) is 5.92. The van der Waals surface area contributed by atoms with Crippen LogP contribution in [0.2, 0.25) is 0 Å². The molecule has 1 aromatic carbocycles. The zero-order valence-corrected chi connectivity index (χ0v) is 14.9. The minimum absolute atomic E-state index is 0. The van der Waals surface area contributed by atoms with Gasteiger partial charge in [-0.25, -0.2) is 9.13 Å².